The van der Waals surface area contributed by atoms with Gasteiger partial charge in [-0.2, -0.15) is 0 Å². The summed E-state index contributed by atoms with van der Waals surface area (Å²) in [5, 5.41) is 2.96. The number of likely N-dealkylation sites (N-methyl/N-ethyl adjacent to an activating group) is 1. The Balaban J connectivity index is 1.38. The number of hydrogen-bond donors (Lipinski definition) is 1. The predicted molar refractivity (Wildman–Crippen MR) is 109 cm³/mol. The molecule has 2 aromatic rings. The molecular formula is C22H25N3O4. The molecule has 0 bridgehead atoms. The molecule has 2 heterocycles. The van der Waals surface area contributed by atoms with Crippen molar-refractivity contribution in [3.05, 3.63) is 54.6 Å². The van der Waals surface area contributed by atoms with Gasteiger partial charge < -0.3 is 24.6 Å². The van der Waals surface area contributed by atoms with Crippen molar-refractivity contribution in [1.82, 2.24) is 9.80 Å². The van der Waals surface area contributed by atoms with E-state index in [0.717, 1.165) is 0 Å². The minimum Gasteiger partial charge on any atom is -0.455 e. The average molecular weight is 395 g/mol. The number of rotatable bonds is 3. The van der Waals surface area contributed by atoms with Crippen molar-refractivity contribution >= 4 is 17.6 Å². The molecule has 0 unspecified atom stereocenters. The Bertz CT molecular complexity index is 879. The lowest BCUT2D eigenvalue weighted by atomic mass is 9.89. The van der Waals surface area contributed by atoms with E-state index in [-0.39, 0.29) is 24.1 Å². The Labute approximate surface area is 170 Å². The highest BCUT2D eigenvalue weighted by Crippen LogP contribution is 2.32. The maximum absolute atomic E-state index is 12.8. The quantitative estimate of drug-likeness (QED) is 0.865. The number of benzene rings is 2. The Hall–Kier alpha value is -3.06. The first-order valence-corrected chi connectivity index (χ1v) is 9.80. The molecule has 0 aliphatic carbocycles. The minimum atomic E-state index is -0.340. The summed E-state index contributed by atoms with van der Waals surface area (Å²) >= 11 is 0. The number of nitrogens with one attached hydrogen (secondary N) is 1. The molecule has 0 aromatic heterocycles. The molecule has 7 nitrogen and oxygen atoms in total. The number of carbonyl (C=O) groups excluding carboxylic acids is 2. The van der Waals surface area contributed by atoms with Gasteiger partial charge >= 0.3 is 6.03 Å². The number of piperidine rings is 1. The summed E-state index contributed by atoms with van der Waals surface area (Å²) < 4.78 is 11.8. The first-order valence-electron chi connectivity index (χ1n) is 9.80. The van der Waals surface area contributed by atoms with Gasteiger partial charge in [-0.3, -0.25) is 4.79 Å². The summed E-state index contributed by atoms with van der Waals surface area (Å²) in [7, 11) is 1.80. The van der Waals surface area contributed by atoms with Crippen molar-refractivity contribution in [2.75, 3.05) is 38.6 Å². The summed E-state index contributed by atoms with van der Waals surface area (Å²) in [6, 6.07) is 16.7. The van der Waals surface area contributed by atoms with E-state index in [9.17, 15) is 9.59 Å². The molecule has 7 heteroatoms. The lowest BCUT2D eigenvalue weighted by molar-refractivity contribution is -0.167. The molecule has 2 aliphatic heterocycles. The highest BCUT2D eigenvalue weighted by molar-refractivity contribution is 5.91. The molecule has 0 saturated carbocycles. The summed E-state index contributed by atoms with van der Waals surface area (Å²) in [5.74, 6) is 1.31. The van der Waals surface area contributed by atoms with Gasteiger partial charge in [0.1, 0.15) is 12.4 Å². The number of amides is 3. The molecule has 2 aliphatic rings. The van der Waals surface area contributed by atoms with Crippen LogP contribution in [0.4, 0.5) is 10.5 Å². The Kier molecular flexibility index (Phi) is 5.40. The van der Waals surface area contributed by atoms with Crippen LogP contribution in [0.2, 0.25) is 0 Å². The Morgan fingerprint density at radius 1 is 1.07 bits per heavy atom. The maximum Gasteiger partial charge on any atom is 0.321 e. The monoisotopic (exact) mass is 395 g/mol. The van der Waals surface area contributed by atoms with Crippen LogP contribution >= 0.6 is 0 Å². The normalized spacial score (nSPS) is 18.6. The minimum absolute atomic E-state index is 0.00539. The standard InChI is InChI=1S/C22H25N3O4/c1-24-16-22(28-15-20(24)26)11-13-25(14-12-22)21(27)23-18-9-5-6-10-19(18)29-17-7-3-2-4-8-17/h2-10H,11-16H2,1H3,(H,23,27). The van der Waals surface area contributed by atoms with Crippen molar-refractivity contribution in [2.24, 2.45) is 0 Å². The van der Waals surface area contributed by atoms with Crippen LogP contribution in [-0.4, -0.2) is 60.6 Å². The van der Waals surface area contributed by atoms with Crippen LogP contribution in [0.3, 0.4) is 0 Å². The zero-order chi connectivity index (χ0) is 20.3. The first-order chi connectivity index (χ1) is 14.0. The van der Waals surface area contributed by atoms with Crippen molar-refractivity contribution in [1.29, 1.82) is 0 Å². The van der Waals surface area contributed by atoms with Crippen molar-refractivity contribution in [3.63, 3.8) is 0 Å². The van der Waals surface area contributed by atoms with Gasteiger partial charge in [-0.15, -0.1) is 0 Å². The van der Waals surface area contributed by atoms with Crippen molar-refractivity contribution in [2.45, 2.75) is 18.4 Å². The fourth-order valence-electron chi connectivity index (χ4n) is 3.78. The number of hydrogen-bond acceptors (Lipinski definition) is 4. The lowest BCUT2D eigenvalue weighted by Gasteiger charge is -2.46. The predicted octanol–water partition coefficient (Wildman–Crippen LogP) is 3.33. The van der Waals surface area contributed by atoms with Gasteiger partial charge in [0.25, 0.3) is 0 Å². The lowest BCUT2D eigenvalue weighted by Crippen LogP contribution is -2.58. The third-order valence-electron chi connectivity index (χ3n) is 5.51. The van der Waals surface area contributed by atoms with Crippen LogP contribution in [0.25, 0.3) is 0 Å². The molecule has 4 rings (SSSR count). The van der Waals surface area contributed by atoms with Gasteiger partial charge in [-0.05, 0) is 37.1 Å². The molecule has 2 fully saturated rings. The zero-order valence-electron chi connectivity index (χ0n) is 16.5. The topological polar surface area (TPSA) is 71.1 Å². The van der Waals surface area contributed by atoms with Gasteiger partial charge in [-0.25, -0.2) is 4.79 Å². The van der Waals surface area contributed by atoms with E-state index in [1.54, 1.807) is 16.8 Å². The highest BCUT2D eigenvalue weighted by Gasteiger charge is 2.42. The SMILES string of the molecule is CN1CC2(CCN(C(=O)Nc3ccccc3Oc3ccccc3)CC2)OCC1=O. The number of para-hydroxylation sites is 3. The fourth-order valence-corrected chi connectivity index (χ4v) is 3.78. The van der Waals surface area contributed by atoms with Crippen molar-refractivity contribution in [3.8, 4) is 11.5 Å². The van der Waals surface area contributed by atoms with E-state index < -0.39 is 0 Å². The molecule has 1 spiro atoms. The van der Waals surface area contributed by atoms with E-state index >= 15 is 0 Å². The van der Waals surface area contributed by atoms with Crippen LogP contribution in [0.15, 0.2) is 54.6 Å². The van der Waals surface area contributed by atoms with Crippen LogP contribution < -0.4 is 10.1 Å². The fraction of sp³-hybridized carbons (Fsp3) is 0.364. The molecule has 2 saturated heterocycles. The van der Waals surface area contributed by atoms with Gasteiger partial charge in [0.15, 0.2) is 5.75 Å². The largest absolute Gasteiger partial charge is 0.455 e. The smallest absolute Gasteiger partial charge is 0.321 e. The summed E-state index contributed by atoms with van der Waals surface area (Å²) in [6.45, 7) is 1.85. The number of carbonyl (C=O) groups is 2. The van der Waals surface area contributed by atoms with Crippen molar-refractivity contribution < 1.29 is 19.1 Å². The number of likely N-dealkylation sites (tertiary alicyclic amines) is 1. The third-order valence-corrected chi connectivity index (χ3v) is 5.51. The van der Waals surface area contributed by atoms with Crippen LogP contribution in [0, 0.1) is 0 Å². The van der Waals surface area contributed by atoms with E-state index in [2.05, 4.69) is 5.32 Å². The molecule has 3 amide bonds. The molecular weight excluding hydrogens is 370 g/mol. The number of urea groups is 1. The first kappa shape index (κ1) is 19.3. The average Bonchev–Trinajstić information content (AvgIpc) is 2.74. The molecule has 0 atom stereocenters. The number of nitrogens with zero attached hydrogens (tertiary/aromatic N) is 2. The summed E-state index contributed by atoms with van der Waals surface area (Å²) in [6.07, 6.45) is 1.42. The number of morpholine rings is 1. The van der Waals surface area contributed by atoms with E-state index in [1.165, 1.54) is 0 Å². The second-order valence-corrected chi connectivity index (χ2v) is 7.55. The van der Waals surface area contributed by atoms with E-state index in [1.807, 2.05) is 54.6 Å². The second kappa shape index (κ2) is 8.13. The Morgan fingerprint density at radius 3 is 2.48 bits per heavy atom. The van der Waals surface area contributed by atoms with Crippen LogP contribution in [0.5, 0.6) is 11.5 Å². The number of ether oxygens (including phenoxy) is 2. The molecule has 29 heavy (non-hydrogen) atoms. The highest BCUT2D eigenvalue weighted by atomic mass is 16.5. The third kappa shape index (κ3) is 4.35. The van der Waals surface area contributed by atoms with E-state index in [4.69, 9.17) is 9.47 Å². The van der Waals surface area contributed by atoms with Gasteiger partial charge in [-0.1, -0.05) is 30.3 Å². The molecule has 0 radical (unpaired) electrons. The summed E-state index contributed by atoms with van der Waals surface area (Å²) in [5.41, 5.74) is 0.286. The molecule has 2 aromatic carbocycles. The van der Waals surface area contributed by atoms with Gasteiger partial charge in [0.2, 0.25) is 5.91 Å². The van der Waals surface area contributed by atoms with Crippen LogP contribution in [-0.2, 0) is 9.53 Å². The maximum atomic E-state index is 12.8. The Morgan fingerprint density at radius 2 is 1.76 bits per heavy atom. The van der Waals surface area contributed by atoms with Gasteiger partial charge in [0, 0.05) is 26.7 Å². The van der Waals surface area contributed by atoms with Gasteiger partial charge in [0.05, 0.1) is 11.3 Å². The van der Waals surface area contributed by atoms with E-state index in [0.29, 0.717) is 49.7 Å². The van der Waals surface area contributed by atoms with Crippen LogP contribution in [0.1, 0.15) is 12.8 Å². The number of anilines is 1. The molecule has 1 N–H and O–H groups in total. The second-order valence-electron chi connectivity index (χ2n) is 7.55. The zero-order valence-corrected chi connectivity index (χ0v) is 16.5. The molecule has 152 valence electrons. The summed E-state index contributed by atoms with van der Waals surface area (Å²) in [4.78, 5) is 28.0.